The SMILES string of the molecule is CC(=O)OS(N)(=O)=O.[Zn]. The molecule has 0 aromatic carbocycles. The molecule has 5 nitrogen and oxygen atoms in total. The Labute approximate surface area is 65.6 Å². The zero-order valence-corrected chi connectivity index (χ0v) is 8.61. The summed E-state index contributed by atoms with van der Waals surface area (Å²) >= 11 is 0. The van der Waals surface area contributed by atoms with Gasteiger partial charge in [-0.05, 0) is 0 Å². The van der Waals surface area contributed by atoms with Crippen LogP contribution < -0.4 is 5.14 Å². The van der Waals surface area contributed by atoms with Gasteiger partial charge in [0.1, 0.15) is 0 Å². The van der Waals surface area contributed by atoms with E-state index >= 15 is 0 Å². The van der Waals surface area contributed by atoms with E-state index in [1.165, 1.54) is 0 Å². The summed E-state index contributed by atoms with van der Waals surface area (Å²) < 4.78 is 23.1. The van der Waals surface area contributed by atoms with E-state index in [0.29, 0.717) is 0 Å². The zero-order valence-electron chi connectivity index (χ0n) is 4.83. The van der Waals surface area contributed by atoms with E-state index in [2.05, 4.69) is 9.32 Å². The predicted octanol–water partition coefficient (Wildman–Crippen LogP) is -1.25. The summed E-state index contributed by atoms with van der Waals surface area (Å²) in [4.78, 5) is 9.78. The fourth-order valence-electron chi connectivity index (χ4n) is 0.164. The van der Waals surface area contributed by atoms with Crippen molar-refractivity contribution < 1.29 is 36.9 Å². The maximum Gasteiger partial charge on any atom is 0.382 e. The molecule has 0 atom stereocenters. The van der Waals surface area contributed by atoms with Gasteiger partial charge in [0, 0.05) is 26.4 Å². The maximum atomic E-state index is 9.78. The smallest absolute Gasteiger partial charge is 0.335 e. The Kier molecular flexibility index (Phi) is 5.12. The number of carbonyl (C=O) groups is 1. The Balaban J connectivity index is 0. The minimum absolute atomic E-state index is 0. The molecule has 0 rings (SSSR count). The first-order chi connectivity index (χ1) is 3.42. The minimum atomic E-state index is -4.07. The van der Waals surface area contributed by atoms with E-state index in [0.717, 1.165) is 6.92 Å². The summed E-state index contributed by atoms with van der Waals surface area (Å²) in [5, 5.41) is 4.27. The second-order valence-electron chi connectivity index (χ2n) is 1.07. The summed E-state index contributed by atoms with van der Waals surface area (Å²) in [6.45, 7) is 0.949. The van der Waals surface area contributed by atoms with E-state index in [9.17, 15) is 13.2 Å². The number of hydrogen-bond acceptors (Lipinski definition) is 4. The maximum absolute atomic E-state index is 9.78. The van der Waals surface area contributed by atoms with Crippen LogP contribution in [-0.4, -0.2) is 14.4 Å². The van der Waals surface area contributed by atoms with Crippen LogP contribution in [0.3, 0.4) is 0 Å². The molecule has 0 bridgehead atoms. The van der Waals surface area contributed by atoms with Crippen LogP contribution in [0.25, 0.3) is 0 Å². The Bertz CT molecular complexity index is 185. The molecule has 0 aliphatic rings. The van der Waals surface area contributed by atoms with E-state index in [1.54, 1.807) is 0 Å². The molecule has 0 aliphatic heterocycles. The van der Waals surface area contributed by atoms with E-state index < -0.39 is 16.3 Å². The molecule has 0 aliphatic carbocycles. The van der Waals surface area contributed by atoms with Crippen molar-refractivity contribution in [2.75, 3.05) is 0 Å². The first-order valence-electron chi connectivity index (χ1n) is 1.64. The largest absolute Gasteiger partial charge is 0.382 e. The average Bonchev–Trinajstić information content (AvgIpc) is 1.21. The topological polar surface area (TPSA) is 86.5 Å². The van der Waals surface area contributed by atoms with Gasteiger partial charge in [0.05, 0.1) is 0 Å². The Morgan fingerprint density at radius 3 is 1.89 bits per heavy atom. The molecule has 0 radical (unpaired) electrons. The van der Waals surface area contributed by atoms with E-state index in [1.807, 2.05) is 0 Å². The molecule has 0 amide bonds. The van der Waals surface area contributed by atoms with E-state index in [-0.39, 0.29) is 19.5 Å². The number of nitrogens with two attached hydrogens (primary N) is 1. The van der Waals surface area contributed by atoms with Crippen LogP contribution in [0.4, 0.5) is 0 Å². The van der Waals surface area contributed by atoms with Crippen molar-refractivity contribution in [2.24, 2.45) is 5.14 Å². The third-order valence-electron chi connectivity index (χ3n) is 0.234. The Hall–Kier alpha value is 0.00338. The van der Waals surface area contributed by atoms with Gasteiger partial charge >= 0.3 is 16.3 Å². The van der Waals surface area contributed by atoms with Crippen LogP contribution in [-0.2, 0) is 38.8 Å². The van der Waals surface area contributed by atoms with Gasteiger partial charge in [-0.15, -0.1) is 0 Å². The average molecular weight is 205 g/mol. The van der Waals surface area contributed by atoms with Crippen molar-refractivity contribution in [3.63, 3.8) is 0 Å². The first kappa shape index (κ1) is 11.8. The molecule has 0 heterocycles. The molecule has 0 unspecified atom stereocenters. The minimum Gasteiger partial charge on any atom is -0.335 e. The molecular weight excluding hydrogens is 199 g/mol. The quantitative estimate of drug-likeness (QED) is 0.541. The van der Waals surface area contributed by atoms with Crippen LogP contribution >= 0.6 is 0 Å². The third kappa shape index (κ3) is 11.5. The zero-order chi connectivity index (χ0) is 6.78. The molecule has 0 spiro atoms. The van der Waals surface area contributed by atoms with Gasteiger partial charge in [-0.3, -0.25) is 4.79 Å². The van der Waals surface area contributed by atoms with Crippen LogP contribution in [0.1, 0.15) is 6.92 Å². The summed E-state index contributed by atoms with van der Waals surface area (Å²) in [6, 6.07) is 0. The first-order valence-corrected chi connectivity index (χ1v) is 3.12. The molecule has 7 heteroatoms. The van der Waals surface area contributed by atoms with Gasteiger partial charge in [-0.25, -0.2) is 0 Å². The Morgan fingerprint density at radius 1 is 1.56 bits per heavy atom. The van der Waals surface area contributed by atoms with Crippen molar-refractivity contribution in [1.29, 1.82) is 0 Å². The van der Waals surface area contributed by atoms with Crippen molar-refractivity contribution in [2.45, 2.75) is 6.92 Å². The van der Waals surface area contributed by atoms with E-state index in [4.69, 9.17) is 0 Å². The third-order valence-corrected chi connectivity index (χ3v) is 0.701. The van der Waals surface area contributed by atoms with Gasteiger partial charge in [0.25, 0.3) is 0 Å². The molecule has 9 heavy (non-hydrogen) atoms. The normalized spacial score (nSPS) is 9.56. The molecule has 2 N–H and O–H groups in total. The number of rotatable bonds is 1. The summed E-state index contributed by atoms with van der Waals surface area (Å²) in [5.74, 6) is -0.937. The van der Waals surface area contributed by atoms with Crippen LogP contribution in [0.15, 0.2) is 0 Å². The van der Waals surface area contributed by atoms with Crippen molar-refractivity contribution in [3.05, 3.63) is 0 Å². The van der Waals surface area contributed by atoms with Gasteiger partial charge in [-0.1, -0.05) is 0 Å². The molecule has 0 saturated carbocycles. The number of carbonyl (C=O) groups excluding carboxylic acids is 1. The van der Waals surface area contributed by atoms with Crippen molar-refractivity contribution in [3.8, 4) is 0 Å². The molecular formula is C2H5NO4SZn. The molecule has 0 saturated heterocycles. The summed E-state index contributed by atoms with van der Waals surface area (Å²) in [7, 11) is -4.07. The second-order valence-corrected chi connectivity index (χ2v) is 2.22. The second kappa shape index (κ2) is 3.92. The molecule has 50 valence electrons. The Morgan fingerprint density at radius 2 is 1.89 bits per heavy atom. The standard InChI is InChI=1S/C2H5NO4S.Zn/c1-2(4)7-8(3,5)6;/h1H3,(H2,3,5,6);. The molecule has 0 fully saturated rings. The molecule has 0 aromatic heterocycles. The van der Waals surface area contributed by atoms with Gasteiger partial charge in [0.2, 0.25) is 0 Å². The summed E-state index contributed by atoms with van der Waals surface area (Å²) in [5.41, 5.74) is 0. The van der Waals surface area contributed by atoms with Crippen molar-refractivity contribution >= 4 is 16.3 Å². The van der Waals surface area contributed by atoms with Crippen LogP contribution in [0.2, 0.25) is 0 Å². The van der Waals surface area contributed by atoms with Crippen LogP contribution in [0.5, 0.6) is 0 Å². The fourth-order valence-corrected chi connectivity index (χ4v) is 0.491. The van der Waals surface area contributed by atoms with Crippen LogP contribution in [0, 0.1) is 0 Å². The van der Waals surface area contributed by atoms with Gasteiger partial charge in [0.15, 0.2) is 0 Å². The van der Waals surface area contributed by atoms with Crippen molar-refractivity contribution in [1.82, 2.24) is 0 Å². The fraction of sp³-hybridized carbons (Fsp3) is 0.500. The van der Waals surface area contributed by atoms with Gasteiger partial charge in [-0.2, -0.15) is 13.6 Å². The predicted molar refractivity (Wildman–Crippen MR) is 24.9 cm³/mol. The van der Waals surface area contributed by atoms with Gasteiger partial charge < -0.3 is 4.18 Å². The monoisotopic (exact) mass is 203 g/mol. The summed E-state index contributed by atoms with van der Waals surface area (Å²) in [6.07, 6.45) is 0. The number of hydrogen-bond donors (Lipinski definition) is 1. The molecule has 0 aromatic rings.